The molecule has 0 unspecified atom stereocenters. The Kier molecular flexibility index (Phi) is 4.68. The van der Waals surface area contributed by atoms with E-state index in [0.717, 1.165) is 5.57 Å². The maximum Gasteiger partial charge on any atom is 0.509 e. The summed E-state index contributed by atoms with van der Waals surface area (Å²) in [6.45, 7) is 13.3. The van der Waals surface area contributed by atoms with Crippen LogP contribution in [0.4, 0.5) is 4.79 Å². The molecule has 14 heavy (non-hydrogen) atoms. The number of hydrogen-bond donors (Lipinski definition) is 0. The van der Waals surface area contributed by atoms with Gasteiger partial charge in [-0.15, -0.1) is 0 Å². The summed E-state index contributed by atoms with van der Waals surface area (Å²) in [6, 6.07) is 0. The lowest BCUT2D eigenvalue weighted by atomic mass is 9.95. The Morgan fingerprint density at radius 1 is 1.43 bits per heavy atom. The van der Waals surface area contributed by atoms with E-state index < -0.39 is 11.8 Å². The molecule has 0 fully saturated rings. The Morgan fingerprint density at radius 3 is 2.29 bits per heavy atom. The van der Waals surface area contributed by atoms with Crippen molar-refractivity contribution in [3.8, 4) is 0 Å². The average molecular weight is 200 g/mol. The van der Waals surface area contributed by atoms with Crippen molar-refractivity contribution in [1.29, 1.82) is 0 Å². The van der Waals surface area contributed by atoms with Crippen LogP contribution < -0.4 is 0 Å². The van der Waals surface area contributed by atoms with E-state index in [1.165, 1.54) is 0 Å². The van der Waals surface area contributed by atoms with E-state index in [1.807, 2.05) is 27.7 Å². The van der Waals surface area contributed by atoms with Crippen molar-refractivity contribution in [2.75, 3.05) is 6.61 Å². The molecule has 0 saturated carbocycles. The molecule has 0 saturated heterocycles. The second-order valence-corrected chi connectivity index (χ2v) is 4.36. The second kappa shape index (κ2) is 5.03. The van der Waals surface area contributed by atoms with Crippen LogP contribution in [0.15, 0.2) is 12.2 Å². The van der Waals surface area contributed by atoms with Crippen molar-refractivity contribution in [2.45, 2.75) is 40.2 Å². The van der Waals surface area contributed by atoms with Crippen LogP contribution >= 0.6 is 0 Å². The molecule has 0 N–H and O–H groups in total. The summed E-state index contributed by atoms with van der Waals surface area (Å²) < 4.78 is 9.98. The van der Waals surface area contributed by atoms with Crippen molar-refractivity contribution in [3.05, 3.63) is 12.2 Å². The van der Waals surface area contributed by atoms with Gasteiger partial charge in [0.15, 0.2) is 0 Å². The lowest BCUT2D eigenvalue weighted by molar-refractivity contribution is -0.0367. The second-order valence-electron chi connectivity index (χ2n) is 4.36. The molecule has 0 aromatic carbocycles. The largest absolute Gasteiger partial charge is 0.509 e. The van der Waals surface area contributed by atoms with Gasteiger partial charge in [-0.25, -0.2) is 4.79 Å². The van der Waals surface area contributed by atoms with Gasteiger partial charge < -0.3 is 9.47 Å². The predicted molar refractivity (Wildman–Crippen MR) is 56.2 cm³/mol. The SMILES string of the molecule is C=C(C)COC(=O)OC(C)(C)C(C)C. The Balaban J connectivity index is 4.00. The highest BCUT2D eigenvalue weighted by Crippen LogP contribution is 2.20. The van der Waals surface area contributed by atoms with Crippen molar-refractivity contribution < 1.29 is 14.3 Å². The van der Waals surface area contributed by atoms with E-state index in [2.05, 4.69) is 6.58 Å². The third kappa shape index (κ3) is 4.90. The summed E-state index contributed by atoms with van der Waals surface area (Å²) in [4.78, 5) is 11.2. The average Bonchev–Trinajstić information content (AvgIpc) is 1.99. The zero-order valence-corrected chi connectivity index (χ0v) is 9.72. The maximum atomic E-state index is 11.2. The zero-order chi connectivity index (χ0) is 11.4. The lowest BCUT2D eigenvalue weighted by Crippen LogP contribution is -2.34. The van der Waals surface area contributed by atoms with Gasteiger partial charge in [0.05, 0.1) is 0 Å². The highest BCUT2D eigenvalue weighted by Gasteiger charge is 2.27. The summed E-state index contributed by atoms with van der Waals surface area (Å²) in [5, 5.41) is 0. The minimum Gasteiger partial charge on any atom is -0.430 e. The quantitative estimate of drug-likeness (QED) is 0.516. The monoisotopic (exact) mass is 200 g/mol. The fourth-order valence-electron chi connectivity index (χ4n) is 0.544. The number of rotatable bonds is 4. The molecule has 0 aromatic heterocycles. The highest BCUT2D eigenvalue weighted by atomic mass is 16.7. The van der Waals surface area contributed by atoms with E-state index in [0.29, 0.717) is 0 Å². The summed E-state index contributed by atoms with van der Waals surface area (Å²) in [7, 11) is 0. The van der Waals surface area contributed by atoms with E-state index >= 15 is 0 Å². The molecule has 0 aliphatic heterocycles. The summed E-state index contributed by atoms with van der Waals surface area (Å²) in [6.07, 6.45) is -0.633. The van der Waals surface area contributed by atoms with Gasteiger partial charge in [0.25, 0.3) is 0 Å². The molecular formula is C11H20O3. The molecule has 0 spiro atoms. The van der Waals surface area contributed by atoms with Crippen molar-refractivity contribution in [2.24, 2.45) is 5.92 Å². The minimum atomic E-state index is -0.633. The standard InChI is InChI=1S/C11H20O3/c1-8(2)7-13-10(12)14-11(5,6)9(3)4/h9H,1,7H2,2-6H3. The fourth-order valence-corrected chi connectivity index (χ4v) is 0.544. The van der Waals surface area contributed by atoms with E-state index in [9.17, 15) is 4.79 Å². The molecular weight excluding hydrogens is 180 g/mol. The number of ether oxygens (including phenoxy) is 2. The summed E-state index contributed by atoms with van der Waals surface area (Å²) in [5.41, 5.74) is 0.302. The van der Waals surface area contributed by atoms with Crippen LogP contribution in [-0.2, 0) is 9.47 Å². The highest BCUT2D eigenvalue weighted by molar-refractivity contribution is 5.60. The van der Waals surface area contributed by atoms with Crippen LogP contribution in [0.1, 0.15) is 34.6 Å². The first-order valence-electron chi connectivity index (χ1n) is 4.76. The van der Waals surface area contributed by atoms with Crippen molar-refractivity contribution >= 4 is 6.16 Å². The first kappa shape index (κ1) is 13.0. The molecule has 0 aromatic rings. The van der Waals surface area contributed by atoms with Crippen LogP contribution in [0.3, 0.4) is 0 Å². The van der Waals surface area contributed by atoms with Gasteiger partial charge >= 0.3 is 6.16 Å². The summed E-state index contributed by atoms with van der Waals surface area (Å²) >= 11 is 0. The molecule has 3 heteroatoms. The van der Waals surface area contributed by atoms with Gasteiger partial charge in [-0.05, 0) is 32.3 Å². The van der Waals surface area contributed by atoms with Gasteiger partial charge in [-0.2, -0.15) is 0 Å². The molecule has 3 nitrogen and oxygen atoms in total. The molecule has 0 aliphatic carbocycles. The number of carbonyl (C=O) groups is 1. The van der Waals surface area contributed by atoms with Gasteiger partial charge in [-0.3, -0.25) is 0 Å². The smallest absolute Gasteiger partial charge is 0.430 e. The first-order valence-corrected chi connectivity index (χ1v) is 4.76. The van der Waals surface area contributed by atoms with Gasteiger partial charge in [-0.1, -0.05) is 20.4 Å². The third-order valence-corrected chi connectivity index (χ3v) is 2.17. The third-order valence-electron chi connectivity index (χ3n) is 2.17. The van der Waals surface area contributed by atoms with Crippen LogP contribution in [-0.4, -0.2) is 18.4 Å². The lowest BCUT2D eigenvalue weighted by Gasteiger charge is -2.28. The fraction of sp³-hybridized carbons (Fsp3) is 0.727. The molecule has 0 heterocycles. The van der Waals surface area contributed by atoms with Gasteiger partial charge in [0, 0.05) is 0 Å². The number of carbonyl (C=O) groups excluding carboxylic acids is 1. The molecule has 0 atom stereocenters. The van der Waals surface area contributed by atoms with E-state index in [4.69, 9.17) is 9.47 Å². The Hall–Kier alpha value is -0.990. The predicted octanol–water partition coefficient (Wildman–Crippen LogP) is 3.15. The molecule has 0 amide bonds. The molecule has 0 radical (unpaired) electrons. The van der Waals surface area contributed by atoms with Crippen LogP contribution in [0.25, 0.3) is 0 Å². The Bertz CT molecular complexity index is 217. The molecule has 0 rings (SSSR count). The van der Waals surface area contributed by atoms with E-state index in [-0.39, 0.29) is 12.5 Å². The van der Waals surface area contributed by atoms with Gasteiger partial charge in [0.1, 0.15) is 12.2 Å². The Labute approximate surface area is 86.1 Å². The van der Waals surface area contributed by atoms with Crippen LogP contribution in [0, 0.1) is 5.92 Å². The Morgan fingerprint density at radius 2 is 1.93 bits per heavy atom. The van der Waals surface area contributed by atoms with E-state index in [1.54, 1.807) is 6.92 Å². The van der Waals surface area contributed by atoms with Crippen molar-refractivity contribution in [1.82, 2.24) is 0 Å². The topological polar surface area (TPSA) is 35.5 Å². The first-order chi connectivity index (χ1) is 6.25. The van der Waals surface area contributed by atoms with Gasteiger partial charge in [0.2, 0.25) is 0 Å². The molecule has 0 aliphatic rings. The van der Waals surface area contributed by atoms with Crippen LogP contribution in [0.2, 0.25) is 0 Å². The maximum absolute atomic E-state index is 11.2. The van der Waals surface area contributed by atoms with Crippen molar-refractivity contribution in [3.63, 3.8) is 0 Å². The molecule has 82 valence electrons. The summed E-state index contributed by atoms with van der Waals surface area (Å²) in [5.74, 6) is 0.250. The normalized spacial score (nSPS) is 11.3. The number of hydrogen-bond acceptors (Lipinski definition) is 3. The minimum absolute atomic E-state index is 0.215. The van der Waals surface area contributed by atoms with Crippen LogP contribution in [0.5, 0.6) is 0 Å². The molecule has 0 bridgehead atoms. The zero-order valence-electron chi connectivity index (χ0n) is 9.72.